The molecule has 316 valence electrons. The zero-order valence-electron chi connectivity index (χ0n) is 34.7. The summed E-state index contributed by atoms with van der Waals surface area (Å²) in [6.45, 7) is 11.7. The van der Waals surface area contributed by atoms with E-state index in [2.05, 4.69) is 26.0 Å². The third-order valence-electron chi connectivity index (χ3n) is 9.95. The van der Waals surface area contributed by atoms with Crippen molar-refractivity contribution in [2.75, 3.05) is 80.3 Å². The Balaban J connectivity index is 0.00000744. The Morgan fingerprint density at radius 3 is 1.36 bits per heavy atom. The fourth-order valence-corrected chi connectivity index (χ4v) is 6.89. The Morgan fingerprint density at radius 1 is 0.569 bits per heavy atom. The van der Waals surface area contributed by atoms with E-state index < -0.39 is 0 Å². The van der Waals surface area contributed by atoms with Crippen molar-refractivity contribution in [1.29, 1.82) is 0 Å². The van der Waals surface area contributed by atoms with Crippen molar-refractivity contribution in [3.05, 3.63) is 70.6 Å². The Morgan fingerprint density at radius 2 is 0.983 bits per heavy atom. The van der Waals surface area contributed by atoms with Crippen molar-refractivity contribution in [2.45, 2.75) is 66.2 Å². The molecule has 0 fully saturated rings. The van der Waals surface area contributed by atoms with Gasteiger partial charge in [-0.25, -0.2) is 9.97 Å². The monoisotopic (exact) mass is 942 g/mol. The van der Waals surface area contributed by atoms with Crippen LogP contribution in [0.15, 0.2) is 36.7 Å². The van der Waals surface area contributed by atoms with Crippen LogP contribution in [-0.4, -0.2) is 110 Å². The van der Waals surface area contributed by atoms with Crippen molar-refractivity contribution >= 4 is 44.4 Å². The number of ether oxygens (including phenoxy) is 6. The topological polar surface area (TPSA) is 162 Å². The Kier molecular flexibility index (Phi) is 20.3. The van der Waals surface area contributed by atoms with Crippen LogP contribution in [0.5, 0.6) is 11.5 Å². The van der Waals surface area contributed by atoms with Crippen LogP contribution in [0.2, 0.25) is 0 Å². The van der Waals surface area contributed by atoms with E-state index in [0.717, 1.165) is 68.9 Å². The first-order valence-electron chi connectivity index (χ1n) is 19.9. The summed E-state index contributed by atoms with van der Waals surface area (Å²) < 4.78 is 34.0. The van der Waals surface area contributed by atoms with Crippen LogP contribution in [0, 0.1) is 39.9 Å². The van der Waals surface area contributed by atoms with E-state index in [4.69, 9.17) is 53.3 Å². The number of aromatic nitrogens is 5. The maximum absolute atomic E-state index is 9.80. The molecule has 1 aromatic carbocycles. The molecule has 5 rings (SSSR count). The van der Waals surface area contributed by atoms with E-state index in [0.29, 0.717) is 87.9 Å². The quantitative estimate of drug-likeness (QED) is 0.104. The molecular formula is C44H58GdN5O8-. The maximum atomic E-state index is 9.80. The van der Waals surface area contributed by atoms with Crippen molar-refractivity contribution in [3.8, 4) is 11.5 Å². The summed E-state index contributed by atoms with van der Waals surface area (Å²) in [5.41, 5.74) is 12.4. The molecule has 0 saturated carbocycles. The second kappa shape index (κ2) is 24.8. The summed E-state index contributed by atoms with van der Waals surface area (Å²) in [6, 6.07) is 7.79. The molecular weight excluding hydrogens is 884 g/mol. The standard InChI is InChI=1S/C44H58N5O8.Gd/c1-7-31-32(8-2)36-24-38-34(12-10-14-51)30(4)42(49-38)28-46-40-26-44(57-22-20-55-18-16-53-6)43(56-21-19-54-17-15-52-5)25-39(40)45-27-41-29(3)33(11-9-13-50)37(48-41)23-35(31)47-36;/h23-28,50-51H,7-22H2,1-6H3;/q-1;. The number of aliphatic hydroxyl groups is 2. The number of aryl methyl sites for hydroxylation is 2. The van der Waals surface area contributed by atoms with Crippen molar-refractivity contribution < 1.29 is 78.6 Å². The first-order valence-corrected chi connectivity index (χ1v) is 19.9. The molecule has 3 aromatic rings. The molecule has 13 nitrogen and oxygen atoms in total. The fraction of sp³-hybridized carbons (Fsp3) is 0.500. The van der Waals surface area contributed by atoms with Gasteiger partial charge in [-0.2, -0.15) is 0 Å². The Bertz CT molecular complexity index is 1940. The predicted molar refractivity (Wildman–Crippen MR) is 223 cm³/mol. The Labute approximate surface area is 374 Å². The van der Waals surface area contributed by atoms with Crippen LogP contribution in [0.4, 0.5) is 0 Å². The third-order valence-corrected chi connectivity index (χ3v) is 9.95. The number of benzene rings is 1. The average molecular weight is 942 g/mol. The molecule has 4 heterocycles. The van der Waals surface area contributed by atoms with Gasteiger partial charge in [0.1, 0.15) is 13.2 Å². The molecule has 0 atom stereocenters. The molecule has 0 unspecified atom stereocenters. The van der Waals surface area contributed by atoms with Gasteiger partial charge in [0.25, 0.3) is 0 Å². The van der Waals surface area contributed by atoms with E-state index in [-0.39, 0.29) is 66.4 Å². The zero-order valence-corrected chi connectivity index (χ0v) is 37.0. The van der Waals surface area contributed by atoms with Crippen molar-refractivity contribution in [1.82, 2.24) is 24.9 Å². The Hall–Kier alpha value is -3.18. The largest absolute Gasteiger partial charge is 0.657 e. The van der Waals surface area contributed by atoms with Crippen LogP contribution in [0.25, 0.3) is 44.4 Å². The maximum Gasteiger partial charge on any atom is 0.163 e. The second-order valence-corrected chi connectivity index (χ2v) is 13.7. The summed E-state index contributed by atoms with van der Waals surface area (Å²) in [5, 5.41) is 19.6. The van der Waals surface area contributed by atoms with Crippen molar-refractivity contribution in [3.63, 3.8) is 0 Å². The van der Waals surface area contributed by atoms with Gasteiger partial charge in [-0.1, -0.05) is 37.1 Å². The summed E-state index contributed by atoms with van der Waals surface area (Å²) in [7, 11) is 3.27. The van der Waals surface area contributed by atoms with Gasteiger partial charge in [0, 0.05) is 79.5 Å². The fourth-order valence-electron chi connectivity index (χ4n) is 6.89. The molecule has 0 aliphatic carbocycles. The SMILES string of the molecule is CCc1c(CC)c2cc3nc(cnc4cc(OCCOCCOC)c(OCCOCCOC)cc4ncc4nc(cc1[n-]2)C(CCCO)=C4C)C(C)=C3CCCO.[Gd]. The van der Waals surface area contributed by atoms with Gasteiger partial charge in [0.15, 0.2) is 11.5 Å². The van der Waals surface area contributed by atoms with E-state index in [1.54, 1.807) is 26.6 Å². The number of hydrogen-bond acceptors (Lipinski definition) is 12. The minimum Gasteiger partial charge on any atom is -0.657 e. The first kappa shape index (κ1) is 47.5. The minimum atomic E-state index is 0. The van der Waals surface area contributed by atoms with E-state index in [1.807, 2.05) is 26.0 Å². The van der Waals surface area contributed by atoms with Gasteiger partial charge < -0.3 is 43.6 Å². The third kappa shape index (κ3) is 12.4. The first-order chi connectivity index (χ1) is 27.9. The summed E-state index contributed by atoms with van der Waals surface area (Å²) in [6.07, 6.45) is 7.67. The number of fused-ring (bicyclic) bond motifs is 7. The van der Waals surface area contributed by atoms with E-state index in [1.165, 1.54) is 11.1 Å². The number of rotatable bonds is 22. The van der Waals surface area contributed by atoms with Crippen LogP contribution in [-0.2, 0) is 31.8 Å². The van der Waals surface area contributed by atoms with E-state index >= 15 is 0 Å². The smallest absolute Gasteiger partial charge is 0.163 e. The number of methoxy groups -OCH3 is 2. The number of aliphatic hydroxyl groups excluding tert-OH is 2. The zero-order chi connectivity index (χ0) is 40.6. The van der Waals surface area contributed by atoms with Gasteiger partial charge in [-0.15, -0.1) is 11.0 Å². The molecule has 0 amide bonds. The second-order valence-electron chi connectivity index (χ2n) is 13.7. The molecule has 0 radical (unpaired) electrons. The molecule has 6 bridgehead atoms. The predicted octanol–water partition coefficient (Wildman–Crippen LogP) is 6.58. The molecule has 0 saturated heterocycles. The average Bonchev–Trinajstić information content (AvgIpc) is 3.81. The number of hydrogen-bond donors (Lipinski definition) is 2. The van der Waals surface area contributed by atoms with Gasteiger partial charge in [-0.05, 0) is 74.7 Å². The van der Waals surface area contributed by atoms with Crippen LogP contribution in [0.3, 0.4) is 0 Å². The van der Waals surface area contributed by atoms with Gasteiger partial charge in [-0.3, -0.25) is 9.97 Å². The molecule has 2 aromatic heterocycles. The molecule has 0 spiro atoms. The normalized spacial score (nSPS) is 12.6. The molecule has 2 aliphatic heterocycles. The molecule has 58 heavy (non-hydrogen) atoms. The van der Waals surface area contributed by atoms with Crippen LogP contribution >= 0.6 is 0 Å². The van der Waals surface area contributed by atoms with Crippen LogP contribution < -0.4 is 14.5 Å². The van der Waals surface area contributed by atoms with E-state index in [9.17, 15) is 10.2 Å². The van der Waals surface area contributed by atoms with Crippen LogP contribution in [0.1, 0.15) is 87.3 Å². The minimum absolute atomic E-state index is 0. The summed E-state index contributed by atoms with van der Waals surface area (Å²) >= 11 is 0. The number of allylic oxidation sites excluding steroid dienone is 4. The molecule has 14 heteroatoms. The number of nitrogens with zero attached hydrogens (tertiary/aromatic N) is 5. The summed E-state index contributed by atoms with van der Waals surface area (Å²) in [5.74, 6) is 0.957. The molecule has 2 aliphatic rings. The van der Waals surface area contributed by atoms with Gasteiger partial charge in [0.2, 0.25) is 0 Å². The van der Waals surface area contributed by atoms with Crippen molar-refractivity contribution in [2.24, 2.45) is 0 Å². The van der Waals surface area contributed by atoms with Gasteiger partial charge >= 0.3 is 0 Å². The summed E-state index contributed by atoms with van der Waals surface area (Å²) in [4.78, 5) is 25.4. The molecule has 2 N–H and O–H groups in total. The van der Waals surface area contributed by atoms with Gasteiger partial charge in [0.05, 0.1) is 85.8 Å².